The van der Waals surface area contributed by atoms with E-state index >= 15 is 0 Å². The van der Waals surface area contributed by atoms with Crippen LogP contribution in [0.5, 0.6) is 11.5 Å². The van der Waals surface area contributed by atoms with Crippen molar-refractivity contribution in [1.82, 2.24) is 0 Å². The Hall–Kier alpha value is -3.35. The molecule has 30 heavy (non-hydrogen) atoms. The van der Waals surface area contributed by atoms with Crippen molar-refractivity contribution in [3.05, 3.63) is 87.4 Å². The second-order valence-corrected chi connectivity index (χ2v) is 6.88. The van der Waals surface area contributed by atoms with Crippen molar-refractivity contribution in [2.45, 2.75) is 0 Å². The van der Waals surface area contributed by atoms with Crippen molar-refractivity contribution in [2.24, 2.45) is 4.99 Å². The molecular weight excluding hydrogens is 429 g/mol. The minimum Gasteiger partial charge on any atom is -0.493 e. The predicted molar refractivity (Wildman–Crippen MR) is 115 cm³/mol. The van der Waals surface area contributed by atoms with Crippen LogP contribution in [0.15, 0.2) is 65.7 Å². The monoisotopic (exact) mass is 443 g/mol. The van der Waals surface area contributed by atoms with Gasteiger partial charge < -0.3 is 14.6 Å². The van der Waals surface area contributed by atoms with Crippen molar-refractivity contribution in [3.63, 3.8) is 0 Å². The molecule has 0 saturated carbocycles. The second kappa shape index (κ2) is 9.43. The normalized spacial score (nSPS) is 10.8. The number of aromatic carboxylic acids is 1. The fourth-order valence-corrected chi connectivity index (χ4v) is 2.98. The van der Waals surface area contributed by atoms with Crippen molar-refractivity contribution in [3.8, 4) is 11.5 Å². The van der Waals surface area contributed by atoms with E-state index in [-0.39, 0.29) is 21.9 Å². The Labute approximate surface area is 182 Å². The Morgan fingerprint density at radius 3 is 2.33 bits per heavy atom. The maximum atomic E-state index is 12.4. The van der Waals surface area contributed by atoms with E-state index in [1.807, 2.05) is 0 Å². The fourth-order valence-electron chi connectivity index (χ4n) is 2.50. The molecule has 3 aromatic carbocycles. The molecule has 3 rings (SSSR count). The Kier molecular flexibility index (Phi) is 6.72. The number of aliphatic imine (C=N–C) groups is 1. The largest absolute Gasteiger partial charge is 0.493 e. The number of carbonyl (C=O) groups excluding carboxylic acids is 1. The number of hydrogen-bond donors (Lipinski definition) is 1. The summed E-state index contributed by atoms with van der Waals surface area (Å²) in [4.78, 5) is 27.6. The average Bonchev–Trinajstić information content (AvgIpc) is 2.73. The third-order valence-electron chi connectivity index (χ3n) is 4.02. The molecule has 152 valence electrons. The Morgan fingerprint density at radius 1 is 0.967 bits per heavy atom. The number of benzene rings is 3. The summed E-state index contributed by atoms with van der Waals surface area (Å²) in [5, 5.41) is 9.53. The molecule has 3 aromatic rings. The first-order valence-electron chi connectivity index (χ1n) is 8.60. The molecule has 0 aliphatic rings. The number of nitrogens with zero attached hydrogens (tertiary/aromatic N) is 1. The number of hydrogen-bond acceptors (Lipinski definition) is 5. The van der Waals surface area contributed by atoms with Crippen LogP contribution in [0.2, 0.25) is 10.0 Å². The molecule has 0 bridgehead atoms. The van der Waals surface area contributed by atoms with E-state index in [2.05, 4.69) is 4.99 Å². The van der Waals surface area contributed by atoms with Crippen LogP contribution in [0.3, 0.4) is 0 Å². The molecule has 0 spiro atoms. The van der Waals surface area contributed by atoms with E-state index in [1.54, 1.807) is 42.6 Å². The maximum absolute atomic E-state index is 12.4. The maximum Gasteiger partial charge on any atom is 0.345 e. The number of methoxy groups -OCH3 is 1. The number of ether oxygens (including phenoxy) is 2. The van der Waals surface area contributed by atoms with Gasteiger partial charge in [-0.3, -0.25) is 4.99 Å². The molecule has 0 atom stereocenters. The molecule has 0 aliphatic carbocycles. The van der Waals surface area contributed by atoms with Crippen LogP contribution in [0, 0.1) is 0 Å². The highest BCUT2D eigenvalue weighted by Gasteiger charge is 2.16. The molecule has 0 saturated heterocycles. The molecule has 0 aromatic heterocycles. The van der Waals surface area contributed by atoms with Gasteiger partial charge in [0.25, 0.3) is 0 Å². The molecule has 0 heterocycles. The van der Waals surface area contributed by atoms with E-state index in [9.17, 15) is 9.59 Å². The summed E-state index contributed by atoms with van der Waals surface area (Å²) in [6.07, 6.45) is 1.58. The Morgan fingerprint density at radius 2 is 1.70 bits per heavy atom. The number of halogens is 2. The van der Waals surface area contributed by atoms with E-state index in [0.717, 1.165) is 0 Å². The summed E-state index contributed by atoms with van der Waals surface area (Å²) < 4.78 is 10.7. The Balaban J connectivity index is 1.77. The van der Waals surface area contributed by atoms with Gasteiger partial charge in [-0.1, -0.05) is 23.2 Å². The lowest BCUT2D eigenvalue weighted by Crippen LogP contribution is -2.10. The van der Waals surface area contributed by atoms with E-state index in [0.29, 0.717) is 22.0 Å². The molecule has 1 N–H and O–H groups in total. The minimum atomic E-state index is -1.000. The molecule has 0 fully saturated rings. The standard InChI is InChI=1S/C22H15Cl2NO5/c1-29-20-10-13(12-25-16-6-3-14(4-7-16)21(26)27)2-9-19(20)30-22(28)17-8-5-15(23)11-18(17)24/h2-12H,1H3,(H,26,27). The van der Waals surface area contributed by atoms with Crippen LogP contribution < -0.4 is 9.47 Å². The second-order valence-electron chi connectivity index (χ2n) is 6.03. The zero-order valence-electron chi connectivity index (χ0n) is 15.6. The van der Waals surface area contributed by atoms with Gasteiger partial charge in [-0.2, -0.15) is 0 Å². The topological polar surface area (TPSA) is 85.2 Å². The molecule has 0 radical (unpaired) electrons. The SMILES string of the molecule is COc1cc(C=Nc2ccc(C(=O)O)cc2)ccc1OC(=O)c1ccc(Cl)cc1Cl. The first-order valence-corrected chi connectivity index (χ1v) is 9.35. The van der Waals surface area contributed by atoms with Crippen LogP contribution in [0.4, 0.5) is 5.69 Å². The first-order chi connectivity index (χ1) is 14.4. The highest BCUT2D eigenvalue weighted by Crippen LogP contribution is 2.30. The molecule has 0 aliphatic heterocycles. The highest BCUT2D eigenvalue weighted by molar-refractivity contribution is 6.36. The predicted octanol–water partition coefficient (Wildman–Crippen LogP) is 5.67. The lowest BCUT2D eigenvalue weighted by molar-refractivity contribution is 0.0694. The summed E-state index contributed by atoms with van der Waals surface area (Å²) in [6, 6.07) is 15.6. The van der Waals surface area contributed by atoms with Gasteiger partial charge in [-0.25, -0.2) is 9.59 Å². The minimum absolute atomic E-state index is 0.179. The van der Waals surface area contributed by atoms with Crippen molar-refractivity contribution < 1.29 is 24.2 Å². The zero-order valence-corrected chi connectivity index (χ0v) is 17.1. The van der Waals surface area contributed by atoms with E-state index < -0.39 is 11.9 Å². The van der Waals surface area contributed by atoms with Crippen molar-refractivity contribution in [1.29, 1.82) is 0 Å². The molecule has 0 amide bonds. The van der Waals surface area contributed by atoms with Gasteiger partial charge in [-0.05, 0) is 66.2 Å². The summed E-state index contributed by atoms with van der Waals surface area (Å²) >= 11 is 11.9. The number of carboxylic acid groups (broad SMARTS) is 1. The van der Waals surface area contributed by atoms with Gasteiger partial charge in [0.15, 0.2) is 11.5 Å². The van der Waals surface area contributed by atoms with E-state index in [4.69, 9.17) is 37.8 Å². The third-order valence-corrected chi connectivity index (χ3v) is 4.57. The number of rotatable bonds is 6. The summed E-state index contributed by atoms with van der Waals surface area (Å²) in [5.74, 6) is -1.09. The summed E-state index contributed by atoms with van der Waals surface area (Å²) in [5.41, 5.74) is 1.64. The quantitative estimate of drug-likeness (QED) is 0.301. The Bertz CT molecular complexity index is 1130. The van der Waals surface area contributed by atoms with Crippen LogP contribution in [0.1, 0.15) is 26.3 Å². The zero-order chi connectivity index (χ0) is 21.7. The van der Waals surface area contributed by atoms with Crippen molar-refractivity contribution in [2.75, 3.05) is 7.11 Å². The van der Waals surface area contributed by atoms with Crippen LogP contribution in [-0.4, -0.2) is 30.4 Å². The first kappa shape index (κ1) is 21.4. The molecule has 0 unspecified atom stereocenters. The van der Waals surface area contributed by atoms with E-state index in [1.165, 1.54) is 31.4 Å². The van der Waals surface area contributed by atoms with Crippen LogP contribution >= 0.6 is 23.2 Å². The molecule has 6 nitrogen and oxygen atoms in total. The lowest BCUT2D eigenvalue weighted by Gasteiger charge is -2.10. The van der Waals surface area contributed by atoms with Gasteiger partial charge in [0.05, 0.1) is 28.9 Å². The smallest absolute Gasteiger partial charge is 0.345 e. The number of carboxylic acids is 1. The van der Waals surface area contributed by atoms with Crippen LogP contribution in [0.25, 0.3) is 0 Å². The fraction of sp³-hybridized carbons (Fsp3) is 0.0455. The van der Waals surface area contributed by atoms with Gasteiger partial charge in [0, 0.05) is 11.2 Å². The highest BCUT2D eigenvalue weighted by atomic mass is 35.5. The van der Waals surface area contributed by atoms with Crippen molar-refractivity contribution >= 4 is 47.0 Å². The third kappa shape index (κ3) is 5.17. The summed E-state index contributed by atoms with van der Waals surface area (Å²) in [6.45, 7) is 0. The molecule has 8 heteroatoms. The van der Waals surface area contributed by atoms with Gasteiger partial charge in [0.2, 0.25) is 0 Å². The van der Waals surface area contributed by atoms with Gasteiger partial charge in [0.1, 0.15) is 0 Å². The van der Waals surface area contributed by atoms with Gasteiger partial charge >= 0.3 is 11.9 Å². The number of esters is 1. The summed E-state index contributed by atoms with van der Waals surface area (Å²) in [7, 11) is 1.45. The average molecular weight is 444 g/mol. The lowest BCUT2D eigenvalue weighted by atomic mass is 10.2. The molecular formula is C22H15Cl2NO5. The van der Waals surface area contributed by atoms with Crippen LogP contribution in [-0.2, 0) is 0 Å². The van der Waals surface area contributed by atoms with Gasteiger partial charge in [-0.15, -0.1) is 0 Å². The number of carbonyl (C=O) groups is 2.